The van der Waals surface area contributed by atoms with E-state index in [9.17, 15) is 28.4 Å². The number of alkyl halides is 2. The van der Waals surface area contributed by atoms with E-state index < -0.39 is 11.8 Å². The fourth-order valence-electron chi connectivity index (χ4n) is 3.69. The smallest absolute Gasteiger partial charge is 0.270 e. The highest BCUT2D eigenvalue weighted by molar-refractivity contribution is 7.07. The maximum absolute atomic E-state index is 13.3. The Hall–Kier alpha value is -4.00. The van der Waals surface area contributed by atoms with Crippen LogP contribution >= 0.6 is 11.3 Å². The van der Waals surface area contributed by atoms with Crippen molar-refractivity contribution in [3.8, 4) is 18.4 Å². The van der Waals surface area contributed by atoms with E-state index in [1.54, 1.807) is 36.1 Å². The molecule has 1 fully saturated rings. The molecule has 0 aliphatic carbocycles. The van der Waals surface area contributed by atoms with Gasteiger partial charge in [-0.3, -0.25) is 23.9 Å². The summed E-state index contributed by atoms with van der Waals surface area (Å²) < 4.78 is 28.4. The van der Waals surface area contributed by atoms with E-state index in [-0.39, 0.29) is 71.8 Å². The van der Waals surface area contributed by atoms with Crippen LogP contribution in [0.2, 0.25) is 0 Å². The number of aromatic nitrogens is 1. The second kappa shape index (κ2) is 12.3. The number of benzene rings is 1. The quantitative estimate of drug-likeness (QED) is 0.438. The van der Waals surface area contributed by atoms with Gasteiger partial charge in [0.1, 0.15) is 15.3 Å². The van der Waals surface area contributed by atoms with Crippen LogP contribution in [0.25, 0.3) is 11.8 Å². The minimum atomic E-state index is -2.67. The molecule has 0 radical (unpaired) electrons. The van der Waals surface area contributed by atoms with E-state index in [0.717, 1.165) is 11.3 Å². The molecule has 2 aromatic rings. The first kappa shape index (κ1) is 27.6. The number of hydrogen-bond donors (Lipinski definition) is 3. The summed E-state index contributed by atoms with van der Waals surface area (Å²) in [6.45, 7) is 2.26. The maximum Gasteiger partial charge on any atom is 0.270 e. The summed E-state index contributed by atoms with van der Waals surface area (Å²) in [5.41, 5.74) is 0.489. The van der Waals surface area contributed by atoms with Crippen molar-refractivity contribution < 1.29 is 18.4 Å². The molecule has 1 aromatic heterocycles. The van der Waals surface area contributed by atoms with Crippen molar-refractivity contribution in [3.05, 3.63) is 43.8 Å². The number of nitriles is 1. The third-order valence-corrected chi connectivity index (χ3v) is 6.73. The van der Waals surface area contributed by atoms with Gasteiger partial charge in [-0.1, -0.05) is 12.0 Å². The van der Waals surface area contributed by atoms with Crippen molar-refractivity contribution in [3.63, 3.8) is 0 Å². The molecule has 0 spiro atoms. The lowest BCUT2D eigenvalue weighted by Gasteiger charge is -2.31. The predicted molar refractivity (Wildman–Crippen MR) is 138 cm³/mol. The lowest BCUT2D eigenvalue weighted by molar-refractivity contribution is -0.119. The molecule has 2 heterocycles. The molecule has 0 saturated carbocycles. The molecule has 3 rings (SSSR count). The SMILES string of the molecule is C#CCNC(=O)/C(C#N)=c1\s/c(=C/Nc2cccc(NC(=O)CN3CCC(F)(F)CC3)c2)c(=O)n1CC. The van der Waals surface area contributed by atoms with Crippen LogP contribution in [0.15, 0.2) is 29.1 Å². The zero-order valence-electron chi connectivity index (χ0n) is 20.1. The number of terminal acetylenes is 1. The highest BCUT2D eigenvalue weighted by Gasteiger charge is 2.34. The van der Waals surface area contributed by atoms with Gasteiger partial charge in [-0.25, -0.2) is 8.78 Å². The second-order valence-electron chi connectivity index (χ2n) is 8.24. The Morgan fingerprint density at radius 1 is 1.27 bits per heavy atom. The Morgan fingerprint density at radius 3 is 2.62 bits per heavy atom. The Bertz CT molecular complexity index is 1420. The summed E-state index contributed by atoms with van der Waals surface area (Å²) in [5, 5.41) is 17.7. The number of likely N-dealkylation sites (tertiary alicyclic amines) is 1. The van der Waals surface area contributed by atoms with E-state index >= 15 is 0 Å². The van der Waals surface area contributed by atoms with Crippen molar-refractivity contribution in [2.24, 2.45) is 0 Å². The Balaban J connectivity index is 1.76. The van der Waals surface area contributed by atoms with Gasteiger partial charge in [0.2, 0.25) is 5.91 Å². The normalized spacial score (nSPS) is 16.3. The molecule has 3 N–H and O–H groups in total. The number of anilines is 2. The predicted octanol–water partition coefficient (Wildman–Crippen LogP) is 0.873. The van der Waals surface area contributed by atoms with Crippen LogP contribution in [0.5, 0.6) is 0 Å². The van der Waals surface area contributed by atoms with Gasteiger partial charge in [-0.2, -0.15) is 5.26 Å². The molecule has 1 aromatic carbocycles. The number of amides is 2. The summed E-state index contributed by atoms with van der Waals surface area (Å²) in [7, 11) is 0. The zero-order valence-corrected chi connectivity index (χ0v) is 21.0. The van der Waals surface area contributed by atoms with Gasteiger partial charge in [0.05, 0.1) is 13.1 Å². The number of hydrogen-bond acceptors (Lipinski definition) is 7. The first-order valence-corrected chi connectivity index (χ1v) is 12.3. The topological polar surface area (TPSA) is 119 Å². The summed E-state index contributed by atoms with van der Waals surface area (Å²) >= 11 is 0.990. The number of thiazole rings is 1. The highest BCUT2D eigenvalue weighted by Crippen LogP contribution is 2.27. The second-order valence-corrected chi connectivity index (χ2v) is 9.27. The standard InChI is InChI=1S/C25H26F2N6O3S/c1-3-10-29-22(35)19(14-28)24-33(4-2)23(36)20(37-24)15-30-17-6-5-7-18(13-17)31-21(34)16-32-11-8-25(26,27)9-12-32/h1,5-7,13,15,30H,4,8-12,16H2,2H3,(H,29,35)(H,31,34)/b20-15+,24-19-. The summed E-state index contributed by atoms with van der Waals surface area (Å²) in [5.74, 6) is -1.39. The fourth-order valence-corrected chi connectivity index (χ4v) is 4.77. The molecule has 9 nitrogen and oxygen atoms in total. The van der Waals surface area contributed by atoms with E-state index in [1.807, 2.05) is 6.07 Å². The van der Waals surface area contributed by atoms with E-state index in [4.69, 9.17) is 6.42 Å². The van der Waals surface area contributed by atoms with Crippen molar-refractivity contribution in [2.45, 2.75) is 32.2 Å². The van der Waals surface area contributed by atoms with Gasteiger partial charge < -0.3 is 16.0 Å². The number of nitrogens with zero attached hydrogens (tertiary/aromatic N) is 3. The van der Waals surface area contributed by atoms with Crippen molar-refractivity contribution in [1.82, 2.24) is 14.8 Å². The summed E-state index contributed by atoms with van der Waals surface area (Å²) in [6.07, 6.45) is 6.09. The van der Waals surface area contributed by atoms with Crippen LogP contribution in [0.1, 0.15) is 19.8 Å². The molecule has 0 atom stereocenters. The molecule has 0 unspecified atom stereocenters. The third-order valence-electron chi connectivity index (χ3n) is 5.60. The number of carbonyl (C=O) groups is 2. The fraction of sp³-hybridized carbons (Fsp3) is 0.360. The third kappa shape index (κ3) is 7.26. The van der Waals surface area contributed by atoms with Crippen LogP contribution in [-0.4, -0.2) is 53.4 Å². The molecule has 0 bridgehead atoms. The van der Waals surface area contributed by atoms with E-state index in [2.05, 4.69) is 21.9 Å². The molecule has 1 aliphatic heterocycles. The largest absolute Gasteiger partial charge is 0.360 e. The van der Waals surface area contributed by atoms with Crippen LogP contribution < -0.4 is 30.7 Å². The van der Waals surface area contributed by atoms with Crippen molar-refractivity contribution in [2.75, 3.05) is 36.8 Å². The van der Waals surface area contributed by atoms with Gasteiger partial charge in [-0.15, -0.1) is 17.8 Å². The summed E-state index contributed by atoms with van der Waals surface area (Å²) in [6, 6.07) is 8.62. The molecule has 2 amide bonds. The average Bonchev–Trinajstić information content (AvgIpc) is 3.18. The average molecular weight is 529 g/mol. The molecule has 1 saturated heterocycles. The van der Waals surface area contributed by atoms with Gasteiger partial charge >= 0.3 is 0 Å². The number of rotatable bonds is 8. The maximum atomic E-state index is 13.3. The van der Waals surface area contributed by atoms with Crippen molar-refractivity contribution >= 4 is 46.3 Å². The monoisotopic (exact) mass is 528 g/mol. The van der Waals surface area contributed by atoms with Crippen LogP contribution in [-0.2, 0) is 16.1 Å². The lowest BCUT2D eigenvalue weighted by Crippen LogP contribution is -2.42. The number of halogens is 2. The zero-order chi connectivity index (χ0) is 27.0. The van der Waals surface area contributed by atoms with Gasteiger partial charge in [-0.05, 0) is 25.1 Å². The number of piperidine rings is 1. The molecule has 1 aliphatic rings. The highest BCUT2D eigenvalue weighted by atomic mass is 32.1. The first-order valence-electron chi connectivity index (χ1n) is 11.5. The first-order chi connectivity index (χ1) is 17.7. The Kier molecular flexibility index (Phi) is 9.17. The van der Waals surface area contributed by atoms with Crippen LogP contribution in [0, 0.1) is 23.7 Å². The van der Waals surface area contributed by atoms with Crippen LogP contribution in [0.4, 0.5) is 20.2 Å². The van der Waals surface area contributed by atoms with Crippen molar-refractivity contribution in [1.29, 1.82) is 5.26 Å². The summed E-state index contributed by atoms with van der Waals surface area (Å²) in [4.78, 5) is 39.2. The number of carbonyl (C=O) groups excluding carboxylic acids is 2. The molecule has 37 heavy (non-hydrogen) atoms. The number of nitrogens with one attached hydrogen (secondary N) is 3. The van der Waals surface area contributed by atoms with E-state index in [1.165, 1.54) is 10.8 Å². The lowest BCUT2D eigenvalue weighted by atomic mass is 10.1. The molecule has 194 valence electrons. The van der Waals surface area contributed by atoms with Gasteiger partial charge in [0, 0.05) is 50.1 Å². The molecular formula is C25H26F2N6O3S. The Morgan fingerprint density at radius 2 is 1.97 bits per heavy atom. The minimum Gasteiger partial charge on any atom is -0.360 e. The minimum absolute atomic E-state index is 0.0149. The molecule has 12 heteroatoms. The molecular weight excluding hydrogens is 502 g/mol. The van der Waals surface area contributed by atoms with Crippen LogP contribution in [0.3, 0.4) is 0 Å². The van der Waals surface area contributed by atoms with Gasteiger partial charge in [0.15, 0.2) is 5.57 Å². The van der Waals surface area contributed by atoms with E-state index in [0.29, 0.717) is 11.4 Å². The van der Waals surface area contributed by atoms with Gasteiger partial charge in [0.25, 0.3) is 17.4 Å². The Labute approximate surface area is 216 Å².